The van der Waals surface area contributed by atoms with Gasteiger partial charge in [-0.3, -0.25) is 0 Å². The van der Waals surface area contributed by atoms with Crippen LogP contribution in [0.1, 0.15) is 51.5 Å². The smallest absolute Gasteiger partial charge is 0.145 e. The van der Waals surface area contributed by atoms with Gasteiger partial charge in [-0.1, -0.05) is 37.6 Å². The van der Waals surface area contributed by atoms with E-state index in [1.807, 2.05) is 12.1 Å². The van der Waals surface area contributed by atoms with Crippen LogP contribution in [0.15, 0.2) is 18.2 Å². The van der Waals surface area contributed by atoms with Gasteiger partial charge in [0.1, 0.15) is 5.82 Å². The van der Waals surface area contributed by atoms with E-state index >= 15 is 0 Å². The van der Waals surface area contributed by atoms with E-state index in [0.29, 0.717) is 0 Å². The summed E-state index contributed by atoms with van der Waals surface area (Å²) in [6.07, 6.45) is 5.52. The fourth-order valence-electron chi connectivity index (χ4n) is 3.27. The van der Waals surface area contributed by atoms with Crippen molar-refractivity contribution in [2.75, 3.05) is 13.1 Å². The van der Waals surface area contributed by atoms with Crippen molar-refractivity contribution >= 4 is 11.6 Å². The van der Waals surface area contributed by atoms with Crippen molar-refractivity contribution in [2.24, 2.45) is 5.92 Å². The normalized spacial score (nSPS) is 26.7. The molecule has 0 aliphatic heterocycles. The van der Waals surface area contributed by atoms with Gasteiger partial charge in [0, 0.05) is 12.0 Å². The molecule has 0 bridgehead atoms. The van der Waals surface area contributed by atoms with E-state index in [1.165, 1.54) is 12.8 Å². The average Bonchev–Trinajstić information content (AvgIpc) is 2.45. The molecule has 0 unspecified atom stereocenters. The highest BCUT2D eigenvalue weighted by atomic mass is 35.5. The van der Waals surface area contributed by atoms with Gasteiger partial charge in [0.05, 0.1) is 5.02 Å². The van der Waals surface area contributed by atoms with Crippen molar-refractivity contribution in [3.05, 3.63) is 34.6 Å². The molecule has 1 fully saturated rings. The van der Waals surface area contributed by atoms with E-state index in [4.69, 9.17) is 11.6 Å². The summed E-state index contributed by atoms with van der Waals surface area (Å²) < 4.78 is 14.5. The standard InChI is InChI=1S/C17H25ClFN/c1-3-11-20-12-17(9-7-13(2)8-10-17)14-5-4-6-15(18)16(14)19/h4-6,13,20H,3,7-12H2,1-2H3. The Kier molecular flexibility index (Phi) is 5.45. The van der Waals surface area contributed by atoms with E-state index in [0.717, 1.165) is 43.8 Å². The molecular formula is C17H25ClFN. The fraction of sp³-hybridized carbons (Fsp3) is 0.647. The average molecular weight is 298 g/mol. The molecule has 112 valence electrons. The molecule has 1 aromatic carbocycles. The van der Waals surface area contributed by atoms with Crippen LogP contribution in [0.2, 0.25) is 5.02 Å². The maximum Gasteiger partial charge on any atom is 0.145 e. The first-order valence-corrected chi connectivity index (χ1v) is 8.12. The highest BCUT2D eigenvalue weighted by Gasteiger charge is 2.37. The lowest BCUT2D eigenvalue weighted by atomic mass is 9.66. The molecule has 0 aromatic heterocycles. The topological polar surface area (TPSA) is 12.0 Å². The SMILES string of the molecule is CCCNCC1(c2cccc(Cl)c2F)CCC(C)CC1. The number of nitrogens with one attached hydrogen (secondary N) is 1. The van der Waals surface area contributed by atoms with Crippen LogP contribution in [-0.4, -0.2) is 13.1 Å². The van der Waals surface area contributed by atoms with Crippen molar-refractivity contribution in [3.63, 3.8) is 0 Å². The fourth-order valence-corrected chi connectivity index (χ4v) is 3.45. The van der Waals surface area contributed by atoms with Gasteiger partial charge in [0.15, 0.2) is 0 Å². The van der Waals surface area contributed by atoms with E-state index in [9.17, 15) is 4.39 Å². The first kappa shape index (κ1) is 15.8. The minimum absolute atomic E-state index is 0.0866. The van der Waals surface area contributed by atoms with Crippen LogP contribution in [0.4, 0.5) is 4.39 Å². The molecule has 2 rings (SSSR count). The molecule has 0 radical (unpaired) electrons. The molecule has 1 nitrogen and oxygen atoms in total. The number of hydrogen-bond donors (Lipinski definition) is 1. The molecule has 1 aliphatic rings. The lowest BCUT2D eigenvalue weighted by Crippen LogP contribution is -2.42. The first-order chi connectivity index (χ1) is 9.59. The second-order valence-electron chi connectivity index (χ2n) is 6.24. The van der Waals surface area contributed by atoms with E-state index < -0.39 is 0 Å². The summed E-state index contributed by atoms with van der Waals surface area (Å²) in [7, 11) is 0. The Morgan fingerprint density at radius 3 is 2.70 bits per heavy atom. The summed E-state index contributed by atoms with van der Waals surface area (Å²) in [6.45, 7) is 6.28. The van der Waals surface area contributed by atoms with Gasteiger partial charge in [0.2, 0.25) is 0 Å². The third-order valence-electron chi connectivity index (χ3n) is 4.64. The van der Waals surface area contributed by atoms with E-state index in [2.05, 4.69) is 19.2 Å². The largest absolute Gasteiger partial charge is 0.316 e. The summed E-state index contributed by atoms with van der Waals surface area (Å²) in [5.41, 5.74) is 0.719. The molecule has 1 aliphatic carbocycles. The summed E-state index contributed by atoms with van der Waals surface area (Å²) >= 11 is 5.99. The molecule has 0 amide bonds. The Morgan fingerprint density at radius 2 is 2.05 bits per heavy atom. The second kappa shape index (κ2) is 6.91. The van der Waals surface area contributed by atoms with Crippen molar-refractivity contribution in [3.8, 4) is 0 Å². The minimum atomic E-state index is -0.220. The van der Waals surface area contributed by atoms with Crippen LogP contribution < -0.4 is 5.32 Å². The van der Waals surface area contributed by atoms with Crippen LogP contribution >= 0.6 is 11.6 Å². The molecule has 1 aromatic rings. The van der Waals surface area contributed by atoms with Gasteiger partial charge in [-0.2, -0.15) is 0 Å². The van der Waals surface area contributed by atoms with Crippen LogP contribution in [0, 0.1) is 11.7 Å². The van der Waals surface area contributed by atoms with Crippen molar-refractivity contribution < 1.29 is 4.39 Å². The van der Waals surface area contributed by atoms with Crippen LogP contribution in [0.3, 0.4) is 0 Å². The third-order valence-corrected chi connectivity index (χ3v) is 4.94. The highest BCUT2D eigenvalue weighted by molar-refractivity contribution is 6.30. The Bertz CT molecular complexity index is 439. The molecule has 1 saturated carbocycles. The summed E-state index contributed by atoms with van der Waals surface area (Å²) in [6, 6.07) is 5.43. The quantitative estimate of drug-likeness (QED) is 0.760. The van der Waals surface area contributed by atoms with E-state index in [-0.39, 0.29) is 16.3 Å². The number of benzene rings is 1. The van der Waals surface area contributed by atoms with Gasteiger partial charge in [-0.25, -0.2) is 4.39 Å². The van der Waals surface area contributed by atoms with Gasteiger partial charge < -0.3 is 5.32 Å². The summed E-state index contributed by atoms with van der Waals surface area (Å²) in [5.74, 6) is 0.526. The summed E-state index contributed by atoms with van der Waals surface area (Å²) in [4.78, 5) is 0. The molecule has 0 spiro atoms. The minimum Gasteiger partial charge on any atom is -0.316 e. The Balaban J connectivity index is 2.28. The lowest BCUT2D eigenvalue weighted by Gasteiger charge is -2.40. The molecule has 20 heavy (non-hydrogen) atoms. The highest BCUT2D eigenvalue weighted by Crippen LogP contribution is 2.43. The molecular weight excluding hydrogens is 273 g/mol. The second-order valence-corrected chi connectivity index (χ2v) is 6.65. The van der Waals surface area contributed by atoms with Gasteiger partial charge in [-0.15, -0.1) is 0 Å². The molecule has 0 atom stereocenters. The number of hydrogen-bond acceptors (Lipinski definition) is 1. The maximum absolute atomic E-state index is 14.5. The number of halogens is 2. The molecule has 3 heteroatoms. The van der Waals surface area contributed by atoms with Gasteiger partial charge in [0.25, 0.3) is 0 Å². The zero-order valence-electron chi connectivity index (χ0n) is 12.5. The van der Waals surface area contributed by atoms with Crippen LogP contribution in [-0.2, 0) is 5.41 Å². The predicted octanol–water partition coefficient (Wildman–Crippen LogP) is 4.93. The Morgan fingerprint density at radius 1 is 1.35 bits per heavy atom. The first-order valence-electron chi connectivity index (χ1n) is 7.74. The monoisotopic (exact) mass is 297 g/mol. The molecule has 0 saturated heterocycles. The zero-order valence-corrected chi connectivity index (χ0v) is 13.3. The Labute approximate surface area is 126 Å². The maximum atomic E-state index is 14.5. The van der Waals surface area contributed by atoms with Crippen LogP contribution in [0.25, 0.3) is 0 Å². The zero-order chi connectivity index (χ0) is 14.6. The third kappa shape index (κ3) is 3.35. The van der Waals surface area contributed by atoms with Gasteiger partial charge >= 0.3 is 0 Å². The summed E-state index contributed by atoms with van der Waals surface area (Å²) in [5, 5.41) is 3.74. The molecule has 0 heterocycles. The van der Waals surface area contributed by atoms with Crippen molar-refractivity contribution in [2.45, 2.75) is 51.4 Å². The van der Waals surface area contributed by atoms with Gasteiger partial charge in [-0.05, 0) is 56.2 Å². The predicted molar refractivity (Wildman–Crippen MR) is 83.9 cm³/mol. The van der Waals surface area contributed by atoms with Crippen molar-refractivity contribution in [1.82, 2.24) is 5.32 Å². The molecule has 1 N–H and O–H groups in total. The Hall–Kier alpha value is -0.600. The lowest BCUT2D eigenvalue weighted by molar-refractivity contribution is 0.228. The van der Waals surface area contributed by atoms with E-state index in [1.54, 1.807) is 6.07 Å². The number of rotatable bonds is 5. The van der Waals surface area contributed by atoms with Crippen LogP contribution in [0.5, 0.6) is 0 Å². The van der Waals surface area contributed by atoms with Crippen molar-refractivity contribution in [1.29, 1.82) is 0 Å².